The molecule has 1 saturated heterocycles. The van der Waals surface area contributed by atoms with Gasteiger partial charge in [0.2, 0.25) is 0 Å². The van der Waals surface area contributed by atoms with Crippen LogP contribution in [0.15, 0.2) is 33.9 Å². The highest BCUT2D eigenvalue weighted by molar-refractivity contribution is 5.79. The van der Waals surface area contributed by atoms with Gasteiger partial charge in [-0.2, -0.15) is 0 Å². The molecule has 7 heteroatoms. The van der Waals surface area contributed by atoms with Gasteiger partial charge < -0.3 is 20.1 Å². The lowest BCUT2D eigenvalue weighted by Crippen LogP contribution is -2.36. The summed E-state index contributed by atoms with van der Waals surface area (Å²) >= 11 is 0. The first-order chi connectivity index (χ1) is 13.2. The number of hydrogen-bond donors (Lipinski definition) is 2. The summed E-state index contributed by atoms with van der Waals surface area (Å²) in [4.78, 5) is 11.2. The minimum Gasteiger partial charge on any atom is -0.359 e. The molecule has 3 rings (SSSR count). The van der Waals surface area contributed by atoms with Crippen LogP contribution < -0.4 is 15.5 Å². The van der Waals surface area contributed by atoms with Crippen molar-refractivity contribution in [3.05, 3.63) is 41.4 Å². The minimum absolute atomic E-state index is 0.362. The zero-order valence-electron chi connectivity index (χ0n) is 16.5. The van der Waals surface area contributed by atoms with Crippen LogP contribution in [0.4, 0.5) is 5.82 Å². The topological polar surface area (TPSA) is 78.6 Å². The monoisotopic (exact) mass is 370 g/mol. The molecular formula is C20H30N6O. The van der Waals surface area contributed by atoms with E-state index in [-0.39, 0.29) is 0 Å². The van der Waals surface area contributed by atoms with Crippen molar-refractivity contribution in [3.63, 3.8) is 0 Å². The molecule has 1 fully saturated rings. The van der Waals surface area contributed by atoms with Crippen LogP contribution in [0.25, 0.3) is 0 Å². The second-order valence-electron chi connectivity index (χ2n) is 7.22. The Kier molecular flexibility index (Phi) is 6.68. The molecule has 1 aliphatic rings. The van der Waals surface area contributed by atoms with Crippen molar-refractivity contribution in [1.29, 1.82) is 0 Å². The van der Waals surface area contributed by atoms with Crippen LogP contribution in [0.2, 0.25) is 0 Å². The molecule has 0 aromatic carbocycles. The zero-order valence-corrected chi connectivity index (χ0v) is 16.5. The molecule has 2 aromatic rings. The number of hydrogen-bond acceptors (Lipinski definition) is 5. The summed E-state index contributed by atoms with van der Waals surface area (Å²) < 4.78 is 5.36. The van der Waals surface area contributed by atoms with Crippen molar-refractivity contribution in [2.45, 2.75) is 52.1 Å². The van der Waals surface area contributed by atoms with Gasteiger partial charge in [0.15, 0.2) is 11.7 Å². The molecule has 0 radical (unpaired) electrons. The molecule has 2 N–H and O–H groups in total. The Balaban J connectivity index is 1.51. The van der Waals surface area contributed by atoms with Gasteiger partial charge in [0.1, 0.15) is 5.82 Å². The summed E-state index contributed by atoms with van der Waals surface area (Å²) in [6.07, 6.45) is 5.71. The smallest absolute Gasteiger partial charge is 0.191 e. The number of guanidine groups is 1. The molecule has 1 aliphatic heterocycles. The van der Waals surface area contributed by atoms with E-state index in [1.165, 1.54) is 24.8 Å². The van der Waals surface area contributed by atoms with Crippen LogP contribution in [0.1, 0.15) is 56.0 Å². The first-order valence-corrected chi connectivity index (χ1v) is 9.75. The summed E-state index contributed by atoms with van der Waals surface area (Å²) in [7, 11) is 1.76. The van der Waals surface area contributed by atoms with Crippen LogP contribution in [0.5, 0.6) is 0 Å². The van der Waals surface area contributed by atoms with E-state index in [2.05, 4.69) is 50.6 Å². The zero-order chi connectivity index (χ0) is 19.1. The van der Waals surface area contributed by atoms with Gasteiger partial charge in [0, 0.05) is 38.9 Å². The average molecular weight is 371 g/mol. The molecular weight excluding hydrogens is 340 g/mol. The number of nitrogens with one attached hydrogen (secondary N) is 2. The van der Waals surface area contributed by atoms with E-state index in [9.17, 15) is 0 Å². The van der Waals surface area contributed by atoms with E-state index in [4.69, 9.17) is 4.52 Å². The van der Waals surface area contributed by atoms with E-state index < -0.39 is 0 Å². The van der Waals surface area contributed by atoms with Crippen molar-refractivity contribution in [2.75, 3.05) is 25.0 Å². The number of rotatable bonds is 6. The lowest BCUT2D eigenvalue weighted by molar-refractivity contribution is 0.372. The number of aliphatic imine (C=N–C) groups is 1. The summed E-state index contributed by atoms with van der Waals surface area (Å²) in [5.74, 6) is 2.97. The number of aromatic nitrogens is 2. The molecule has 0 aliphatic carbocycles. The highest BCUT2D eigenvalue weighted by Crippen LogP contribution is 2.18. The van der Waals surface area contributed by atoms with Crippen molar-refractivity contribution in [3.8, 4) is 0 Å². The third-order valence-corrected chi connectivity index (χ3v) is 4.77. The highest BCUT2D eigenvalue weighted by atomic mass is 16.5. The van der Waals surface area contributed by atoms with Crippen molar-refractivity contribution in [2.24, 2.45) is 4.99 Å². The van der Waals surface area contributed by atoms with Gasteiger partial charge in [-0.05, 0) is 42.9 Å². The van der Waals surface area contributed by atoms with Crippen molar-refractivity contribution >= 4 is 11.8 Å². The average Bonchev–Trinajstić information content (AvgIpc) is 3.18. The quantitative estimate of drug-likeness (QED) is 0.601. The third-order valence-electron chi connectivity index (χ3n) is 4.77. The fourth-order valence-corrected chi connectivity index (χ4v) is 3.13. The lowest BCUT2D eigenvalue weighted by Gasteiger charge is -2.28. The molecule has 7 nitrogen and oxygen atoms in total. The van der Waals surface area contributed by atoms with Gasteiger partial charge in [0.25, 0.3) is 0 Å². The van der Waals surface area contributed by atoms with E-state index in [1.54, 1.807) is 7.05 Å². The minimum atomic E-state index is 0.362. The van der Waals surface area contributed by atoms with Gasteiger partial charge in [-0.3, -0.25) is 4.99 Å². The SMILES string of the molecule is CN=C(NCc1ccnc(N2CCCCC2)c1)NCc1cc(C(C)C)no1. The molecule has 27 heavy (non-hydrogen) atoms. The van der Waals surface area contributed by atoms with Crippen LogP contribution in [0, 0.1) is 0 Å². The second kappa shape index (κ2) is 9.39. The molecule has 0 bridgehead atoms. The maximum absolute atomic E-state index is 5.36. The highest BCUT2D eigenvalue weighted by Gasteiger charge is 2.12. The Morgan fingerprint density at radius 3 is 2.67 bits per heavy atom. The van der Waals surface area contributed by atoms with Gasteiger partial charge in [-0.15, -0.1) is 0 Å². The fourth-order valence-electron chi connectivity index (χ4n) is 3.13. The summed E-state index contributed by atoms with van der Waals surface area (Å²) in [6, 6.07) is 6.19. The molecule has 0 saturated carbocycles. The molecule has 0 atom stereocenters. The Labute approximate surface area is 161 Å². The third kappa shape index (κ3) is 5.45. The standard InChI is InChI=1S/C20H30N6O/c1-15(2)18-12-17(27-25-18)14-24-20(21-3)23-13-16-7-8-22-19(11-16)26-9-5-4-6-10-26/h7-8,11-12,15H,4-6,9-10,13-14H2,1-3H3,(H2,21,23,24). The van der Waals surface area contributed by atoms with Gasteiger partial charge in [0.05, 0.1) is 12.2 Å². The first-order valence-electron chi connectivity index (χ1n) is 9.75. The second-order valence-corrected chi connectivity index (χ2v) is 7.22. The number of piperidine rings is 1. The summed E-state index contributed by atoms with van der Waals surface area (Å²) in [6.45, 7) is 7.64. The molecule has 2 aromatic heterocycles. The number of anilines is 1. The predicted molar refractivity (Wildman–Crippen MR) is 108 cm³/mol. The van der Waals surface area contributed by atoms with Crippen LogP contribution in [-0.2, 0) is 13.1 Å². The van der Waals surface area contributed by atoms with Crippen molar-refractivity contribution < 1.29 is 4.52 Å². The maximum atomic E-state index is 5.36. The van der Waals surface area contributed by atoms with Gasteiger partial charge >= 0.3 is 0 Å². The first kappa shape index (κ1) is 19.2. The van der Waals surface area contributed by atoms with E-state index in [0.29, 0.717) is 19.0 Å². The van der Waals surface area contributed by atoms with E-state index >= 15 is 0 Å². The molecule has 3 heterocycles. The Bertz CT molecular complexity index is 748. The number of pyridine rings is 1. The van der Waals surface area contributed by atoms with Crippen LogP contribution in [-0.4, -0.2) is 36.2 Å². The van der Waals surface area contributed by atoms with Gasteiger partial charge in [-0.25, -0.2) is 4.98 Å². The van der Waals surface area contributed by atoms with Gasteiger partial charge in [-0.1, -0.05) is 19.0 Å². The normalized spacial score (nSPS) is 15.3. The largest absolute Gasteiger partial charge is 0.359 e. The summed E-state index contributed by atoms with van der Waals surface area (Å²) in [5.41, 5.74) is 2.16. The molecule has 0 amide bonds. The Morgan fingerprint density at radius 2 is 1.96 bits per heavy atom. The molecule has 146 valence electrons. The lowest BCUT2D eigenvalue weighted by atomic mass is 10.1. The van der Waals surface area contributed by atoms with Crippen molar-refractivity contribution in [1.82, 2.24) is 20.8 Å². The fraction of sp³-hybridized carbons (Fsp3) is 0.550. The predicted octanol–water partition coefficient (Wildman–Crippen LogP) is 3.05. The summed E-state index contributed by atoms with van der Waals surface area (Å²) in [5, 5.41) is 10.7. The molecule has 0 spiro atoms. The number of nitrogens with zero attached hydrogens (tertiary/aromatic N) is 4. The molecule has 0 unspecified atom stereocenters. The van der Waals surface area contributed by atoms with Crippen LogP contribution in [0.3, 0.4) is 0 Å². The Morgan fingerprint density at radius 1 is 1.19 bits per heavy atom. The van der Waals surface area contributed by atoms with Crippen LogP contribution >= 0.6 is 0 Å². The van der Waals surface area contributed by atoms with E-state index in [0.717, 1.165) is 36.3 Å². The maximum Gasteiger partial charge on any atom is 0.191 e. The Hall–Kier alpha value is -2.57. The van der Waals surface area contributed by atoms with E-state index in [1.807, 2.05) is 18.3 Å².